The minimum Gasteiger partial charge on any atom is -0.331 e. The Morgan fingerprint density at radius 3 is 2.75 bits per heavy atom. The molecule has 0 N–H and O–H groups in total. The van der Waals surface area contributed by atoms with Crippen LogP contribution in [0.5, 0.6) is 0 Å². The van der Waals surface area contributed by atoms with E-state index in [1.165, 1.54) is 11.3 Å². The largest absolute Gasteiger partial charge is 0.331 e. The number of nitrogens with zero attached hydrogens (tertiary/aromatic N) is 3. The van der Waals surface area contributed by atoms with Gasteiger partial charge in [-0.25, -0.2) is 4.98 Å². The van der Waals surface area contributed by atoms with Crippen molar-refractivity contribution in [1.82, 2.24) is 9.88 Å². The summed E-state index contributed by atoms with van der Waals surface area (Å²) in [5.41, 5.74) is 1.68. The average Bonchev–Trinajstić information content (AvgIpc) is 3.16. The SMILES string of the molecule is CCN(C(=O)Cc1csc(C)n1)C1CCN(c2ccccc2)C1=O. The van der Waals surface area contributed by atoms with E-state index in [1.807, 2.05) is 49.6 Å². The van der Waals surface area contributed by atoms with E-state index in [0.29, 0.717) is 19.5 Å². The fourth-order valence-electron chi connectivity index (χ4n) is 3.13. The minimum atomic E-state index is -0.373. The third-order valence-electron chi connectivity index (χ3n) is 4.28. The lowest BCUT2D eigenvalue weighted by molar-refractivity contribution is -0.137. The van der Waals surface area contributed by atoms with Gasteiger partial charge in [-0.2, -0.15) is 0 Å². The van der Waals surface area contributed by atoms with Crippen LogP contribution in [-0.4, -0.2) is 40.8 Å². The van der Waals surface area contributed by atoms with E-state index in [9.17, 15) is 9.59 Å². The second kappa shape index (κ2) is 7.13. The van der Waals surface area contributed by atoms with Gasteiger partial charge < -0.3 is 9.80 Å². The zero-order valence-electron chi connectivity index (χ0n) is 13.9. The van der Waals surface area contributed by atoms with E-state index in [4.69, 9.17) is 0 Å². The Morgan fingerprint density at radius 1 is 1.38 bits per heavy atom. The molecule has 0 aliphatic carbocycles. The highest BCUT2D eigenvalue weighted by atomic mass is 32.1. The Bertz CT molecular complexity index is 729. The van der Waals surface area contributed by atoms with E-state index < -0.39 is 0 Å². The molecule has 1 aliphatic rings. The molecule has 5 nitrogen and oxygen atoms in total. The highest BCUT2D eigenvalue weighted by Crippen LogP contribution is 2.24. The first-order chi connectivity index (χ1) is 11.6. The molecule has 1 fully saturated rings. The van der Waals surface area contributed by atoms with Gasteiger partial charge in [-0.3, -0.25) is 9.59 Å². The lowest BCUT2D eigenvalue weighted by atomic mass is 10.2. The molecule has 0 saturated carbocycles. The molecular weight excluding hydrogens is 322 g/mol. The summed E-state index contributed by atoms with van der Waals surface area (Å²) in [5.74, 6) is -0.0260. The topological polar surface area (TPSA) is 53.5 Å². The summed E-state index contributed by atoms with van der Waals surface area (Å²) < 4.78 is 0. The van der Waals surface area contributed by atoms with Crippen LogP contribution in [0, 0.1) is 6.92 Å². The number of amides is 2. The zero-order valence-corrected chi connectivity index (χ0v) is 14.8. The van der Waals surface area contributed by atoms with Gasteiger partial charge in [0.1, 0.15) is 6.04 Å². The van der Waals surface area contributed by atoms with Crippen LogP contribution in [0.4, 0.5) is 5.69 Å². The van der Waals surface area contributed by atoms with Crippen molar-refractivity contribution in [2.75, 3.05) is 18.0 Å². The van der Waals surface area contributed by atoms with Crippen molar-refractivity contribution >= 4 is 28.8 Å². The molecule has 2 amide bonds. The number of benzene rings is 1. The summed E-state index contributed by atoms with van der Waals surface area (Å²) in [5, 5.41) is 2.86. The fraction of sp³-hybridized carbons (Fsp3) is 0.389. The molecule has 0 bridgehead atoms. The Labute approximate surface area is 145 Å². The van der Waals surface area contributed by atoms with Crippen molar-refractivity contribution in [3.05, 3.63) is 46.4 Å². The summed E-state index contributed by atoms with van der Waals surface area (Å²) in [6, 6.07) is 9.25. The first-order valence-electron chi connectivity index (χ1n) is 8.17. The third kappa shape index (κ3) is 3.33. The number of rotatable bonds is 5. The second-order valence-electron chi connectivity index (χ2n) is 5.84. The van der Waals surface area contributed by atoms with Crippen molar-refractivity contribution in [2.45, 2.75) is 32.7 Å². The maximum Gasteiger partial charge on any atom is 0.249 e. The first kappa shape index (κ1) is 16.6. The van der Waals surface area contributed by atoms with Gasteiger partial charge in [0.05, 0.1) is 17.1 Å². The van der Waals surface area contributed by atoms with Gasteiger partial charge in [0, 0.05) is 24.2 Å². The molecule has 0 spiro atoms. The minimum absolute atomic E-state index is 0.00542. The standard InChI is InChI=1S/C18H21N3O2S/c1-3-20(17(22)11-14-12-24-13(2)19-14)16-9-10-21(18(16)23)15-7-5-4-6-8-15/h4-8,12,16H,3,9-11H2,1-2H3. The molecule has 2 aromatic rings. The number of hydrogen-bond acceptors (Lipinski definition) is 4. The Kier molecular flexibility index (Phi) is 4.94. The van der Waals surface area contributed by atoms with Crippen molar-refractivity contribution < 1.29 is 9.59 Å². The maximum atomic E-state index is 12.8. The van der Waals surface area contributed by atoms with Gasteiger partial charge in [0.15, 0.2) is 0 Å². The number of likely N-dealkylation sites (N-methyl/N-ethyl adjacent to an activating group) is 1. The third-order valence-corrected chi connectivity index (χ3v) is 5.10. The van der Waals surface area contributed by atoms with Crippen LogP contribution in [-0.2, 0) is 16.0 Å². The summed E-state index contributed by atoms with van der Waals surface area (Å²) >= 11 is 1.54. The molecule has 24 heavy (non-hydrogen) atoms. The quantitative estimate of drug-likeness (QED) is 0.839. The highest BCUT2D eigenvalue weighted by Gasteiger charge is 2.38. The number of aryl methyl sites for hydroxylation is 1. The van der Waals surface area contributed by atoms with Crippen molar-refractivity contribution in [3.8, 4) is 0 Å². The normalized spacial score (nSPS) is 17.3. The van der Waals surface area contributed by atoms with E-state index in [-0.39, 0.29) is 24.3 Å². The molecule has 1 saturated heterocycles. The number of carbonyl (C=O) groups excluding carboxylic acids is 2. The number of carbonyl (C=O) groups is 2. The van der Waals surface area contributed by atoms with Crippen molar-refractivity contribution in [3.63, 3.8) is 0 Å². The molecule has 0 radical (unpaired) electrons. The summed E-state index contributed by atoms with van der Waals surface area (Å²) in [6.45, 7) is 5.02. The summed E-state index contributed by atoms with van der Waals surface area (Å²) in [6.07, 6.45) is 0.927. The van der Waals surface area contributed by atoms with Crippen LogP contribution in [0.3, 0.4) is 0 Å². The van der Waals surface area contributed by atoms with Crippen molar-refractivity contribution in [2.24, 2.45) is 0 Å². The first-order valence-corrected chi connectivity index (χ1v) is 9.05. The van der Waals surface area contributed by atoms with Gasteiger partial charge in [-0.15, -0.1) is 11.3 Å². The number of para-hydroxylation sites is 1. The predicted octanol–water partition coefficient (Wildman–Crippen LogP) is 2.65. The molecule has 3 rings (SSSR count). The highest BCUT2D eigenvalue weighted by molar-refractivity contribution is 7.09. The fourth-order valence-corrected chi connectivity index (χ4v) is 3.75. The van der Waals surface area contributed by atoms with E-state index >= 15 is 0 Å². The number of hydrogen-bond donors (Lipinski definition) is 0. The maximum absolute atomic E-state index is 12.8. The van der Waals surface area contributed by atoms with E-state index in [2.05, 4.69) is 4.98 Å². The van der Waals surface area contributed by atoms with Crippen LogP contribution in [0.2, 0.25) is 0 Å². The molecule has 126 valence electrons. The molecule has 1 atom stereocenters. The molecule has 1 aromatic heterocycles. The molecule has 2 heterocycles. The molecular formula is C18H21N3O2S. The van der Waals surface area contributed by atoms with Crippen LogP contribution in [0.15, 0.2) is 35.7 Å². The lowest BCUT2D eigenvalue weighted by Crippen LogP contribution is -2.45. The van der Waals surface area contributed by atoms with Gasteiger partial charge in [-0.05, 0) is 32.4 Å². The van der Waals surface area contributed by atoms with E-state index in [0.717, 1.165) is 16.4 Å². The van der Waals surface area contributed by atoms with Gasteiger partial charge >= 0.3 is 0 Å². The second-order valence-corrected chi connectivity index (χ2v) is 6.91. The Balaban J connectivity index is 1.72. The van der Waals surface area contributed by atoms with Crippen LogP contribution >= 0.6 is 11.3 Å². The molecule has 1 unspecified atom stereocenters. The number of thiazole rings is 1. The molecule has 1 aromatic carbocycles. The Morgan fingerprint density at radius 2 is 2.12 bits per heavy atom. The zero-order chi connectivity index (χ0) is 17.1. The lowest BCUT2D eigenvalue weighted by Gasteiger charge is -2.26. The van der Waals surface area contributed by atoms with Gasteiger partial charge in [-0.1, -0.05) is 18.2 Å². The van der Waals surface area contributed by atoms with E-state index in [1.54, 1.807) is 9.80 Å². The monoisotopic (exact) mass is 343 g/mol. The van der Waals surface area contributed by atoms with Crippen LogP contribution in [0.25, 0.3) is 0 Å². The van der Waals surface area contributed by atoms with Gasteiger partial charge in [0.25, 0.3) is 0 Å². The van der Waals surface area contributed by atoms with Crippen LogP contribution in [0.1, 0.15) is 24.0 Å². The Hall–Kier alpha value is -2.21. The van der Waals surface area contributed by atoms with Crippen molar-refractivity contribution in [1.29, 1.82) is 0 Å². The molecule has 1 aliphatic heterocycles. The summed E-state index contributed by atoms with van der Waals surface area (Å²) in [4.78, 5) is 33.3. The molecule has 6 heteroatoms. The van der Waals surface area contributed by atoms with Crippen LogP contribution < -0.4 is 4.90 Å². The number of anilines is 1. The number of aromatic nitrogens is 1. The van der Waals surface area contributed by atoms with Gasteiger partial charge in [0.2, 0.25) is 11.8 Å². The average molecular weight is 343 g/mol. The summed E-state index contributed by atoms with van der Waals surface area (Å²) in [7, 11) is 0. The smallest absolute Gasteiger partial charge is 0.249 e. The predicted molar refractivity (Wildman–Crippen MR) is 95.1 cm³/mol.